The predicted molar refractivity (Wildman–Crippen MR) is 102 cm³/mol. The lowest BCUT2D eigenvalue weighted by molar-refractivity contribution is 0.103. The third-order valence-electron chi connectivity index (χ3n) is 4.04. The molecule has 3 rings (SSSR count). The van der Waals surface area contributed by atoms with Gasteiger partial charge in [0.15, 0.2) is 5.78 Å². The number of carbonyl (C=O) groups is 1. The Kier molecular flexibility index (Phi) is 4.90. The van der Waals surface area contributed by atoms with Gasteiger partial charge in [0.25, 0.3) is 0 Å². The summed E-state index contributed by atoms with van der Waals surface area (Å²) in [7, 11) is 0. The van der Waals surface area contributed by atoms with Crippen LogP contribution in [0.5, 0.6) is 0 Å². The molecule has 126 valence electrons. The molecule has 26 heavy (non-hydrogen) atoms. The largest absolute Gasteiger partial charge is 0.289 e. The predicted octanol–water partition coefficient (Wildman–Crippen LogP) is 5.77. The van der Waals surface area contributed by atoms with E-state index in [1.54, 1.807) is 30.3 Å². The van der Waals surface area contributed by atoms with E-state index in [1.807, 2.05) is 30.3 Å². The van der Waals surface area contributed by atoms with Gasteiger partial charge < -0.3 is 0 Å². The number of ketones is 1. The lowest BCUT2D eigenvalue weighted by Gasteiger charge is -2.11. The van der Waals surface area contributed by atoms with E-state index in [1.165, 1.54) is 12.1 Å². The summed E-state index contributed by atoms with van der Waals surface area (Å²) in [5, 5.41) is 5.88. The molecule has 0 saturated carbocycles. The van der Waals surface area contributed by atoms with Crippen LogP contribution in [0.15, 0.2) is 89.7 Å². The lowest BCUT2D eigenvalue weighted by Crippen LogP contribution is -2.03. The van der Waals surface area contributed by atoms with Crippen LogP contribution in [0.4, 0.5) is 11.4 Å². The van der Waals surface area contributed by atoms with E-state index < -0.39 is 0 Å². The van der Waals surface area contributed by atoms with Gasteiger partial charge in [-0.25, -0.2) is 0 Å². The molecule has 3 aromatic carbocycles. The maximum atomic E-state index is 12.8. The Bertz CT molecular complexity index is 918. The van der Waals surface area contributed by atoms with Crippen LogP contribution >= 0.6 is 0 Å². The van der Waals surface area contributed by atoms with Crippen LogP contribution in [-0.4, -0.2) is 5.78 Å². The first-order chi connectivity index (χ1) is 12.7. The third-order valence-corrected chi connectivity index (χ3v) is 4.04. The van der Waals surface area contributed by atoms with E-state index in [4.69, 9.17) is 0 Å². The highest BCUT2D eigenvalue weighted by Gasteiger charge is 2.20. The fourth-order valence-corrected chi connectivity index (χ4v) is 2.69. The third kappa shape index (κ3) is 3.23. The topological polar surface area (TPSA) is 75.9 Å². The van der Waals surface area contributed by atoms with Gasteiger partial charge in [0, 0.05) is 11.1 Å². The van der Waals surface area contributed by atoms with E-state index in [0.29, 0.717) is 16.7 Å². The van der Waals surface area contributed by atoms with Crippen molar-refractivity contribution in [2.24, 2.45) is 10.4 Å². The Morgan fingerprint density at radius 1 is 0.692 bits per heavy atom. The molecule has 0 heterocycles. The minimum atomic E-state index is -0.361. The van der Waals surface area contributed by atoms with Crippen LogP contribution in [0.2, 0.25) is 0 Å². The molecule has 0 fully saturated rings. The van der Waals surface area contributed by atoms with Crippen molar-refractivity contribution in [2.75, 3.05) is 0 Å². The minimum Gasteiger partial charge on any atom is -0.289 e. The van der Waals surface area contributed by atoms with Crippen molar-refractivity contribution in [3.63, 3.8) is 0 Å². The highest BCUT2D eigenvalue weighted by molar-refractivity contribution is 6.13. The Morgan fingerprint density at radius 3 is 1.73 bits per heavy atom. The SMILES string of the molecule is C=C(c1ccccc1)c1cc(C(=O)c2ccccc2)c(N=O)cc1N=O. The average Bonchev–Trinajstić information content (AvgIpc) is 2.73. The molecule has 3 aromatic rings. The van der Waals surface area contributed by atoms with E-state index >= 15 is 0 Å². The highest BCUT2D eigenvalue weighted by Crippen LogP contribution is 2.36. The summed E-state index contributed by atoms with van der Waals surface area (Å²) in [5.41, 5.74) is 2.10. The van der Waals surface area contributed by atoms with Gasteiger partial charge in [-0.2, -0.15) is 0 Å². The molecule has 5 nitrogen and oxygen atoms in total. The smallest absolute Gasteiger partial charge is 0.195 e. The molecule has 0 bridgehead atoms. The molecule has 0 radical (unpaired) electrons. The Labute approximate surface area is 150 Å². The van der Waals surface area contributed by atoms with Crippen molar-refractivity contribution in [1.82, 2.24) is 0 Å². The summed E-state index contributed by atoms with van der Waals surface area (Å²) in [6, 6.07) is 20.4. The zero-order chi connectivity index (χ0) is 18.5. The summed E-state index contributed by atoms with van der Waals surface area (Å²) in [6.07, 6.45) is 0. The number of hydrogen-bond donors (Lipinski definition) is 0. The van der Waals surface area contributed by atoms with Gasteiger partial charge in [0.05, 0.1) is 5.56 Å². The lowest BCUT2D eigenvalue weighted by atomic mass is 9.93. The standard InChI is InChI=1S/C21H14N2O3/c1-14(15-8-4-2-5-9-15)17-12-18(20(23-26)13-19(17)22-25)21(24)16-10-6-3-7-11-16/h2-13H,1H2. The molecule has 0 saturated heterocycles. The van der Waals surface area contributed by atoms with Gasteiger partial charge >= 0.3 is 0 Å². The van der Waals surface area contributed by atoms with E-state index in [9.17, 15) is 14.6 Å². The Balaban J connectivity index is 2.17. The van der Waals surface area contributed by atoms with Crippen LogP contribution < -0.4 is 0 Å². The van der Waals surface area contributed by atoms with Gasteiger partial charge in [0.2, 0.25) is 0 Å². The van der Waals surface area contributed by atoms with Crippen LogP contribution in [-0.2, 0) is 0 Å². The molecular weight excluding hydrogens is 328 g/mol. The maximum absolute atomic E-state index is 12.8. The fourth-order valence-electron chi connectivity index (χ4n) is 2.69. The molecule has 0 aromatic heterocycles. The molecule has 0 atom stereocenters. The van der Waals surface area contributed by atoms with Gasteiger partial charge in [-0.15, -0.1) is 9.81 Å². The average molecular weight is 342 g/mol. The number of nitrogens with zero attached hydrogens (tertiary/aromatic N) is 2. The molecule has 0 aliphatic carbocycles. The summed E-state index contributed by atoms with van der Waals surface area (Å²) in [6.45, 7) is 4.01. The minimum absolute atomic E-state index is 0.0121. The van der Waals surface area contributed by atoms with Gasteiger partial charge in [-0.05, 0) is 33.6 Å². The maximum Gasteiger partial charge on any atom is 0.195 e. The van der Waals surface area contributed by atoms with Crippen molar-refractivity contribution in [3.05, 3.63) is 111 Å². The van der Waals surface area contributed by atoms with Crippen LogP contribution in [0.1, 0.15) is 27.0 Å². The van der Waals surface area contributed by atoms with Gasteiger partial charge in [-0.3, -0.25) is 4.79 Å². The van der Waals surface area contributed by atoms with E-state index in [0.717, 1.165) is 5.56 Å². The van der Waals surface area contributed by atoms with Gasteiger partial charge in [-0.1, -0.05) is 67.2 Å². The normalized spacial score (nSPS) is 10.2. The second-order valence-electron chi connectivity index (χ2n) is 5.61. The van der Waals surface area contributed by atoms with E-state index in [2.05, 4.69) is 16.9 Å². The summed E-state index contributed by atoms with van der Waals surface area (Å²) in [4.78, 5) is 35.3. The first-order valence-electron chi connectivity index (χ1n) is 7.85. The number of benzene rings is 3. The molecule has 5 heteroatoms. The molecule has 0 aliphatic heterocycles. The van der Waals surface area contributed by atoms with E-state index in [-0.39, 0.29) is 22.7 Å². The number of hydrogen-bond acceptors (Lipinski definition) is 5. The second-order valence-corrected chi connectivity index (χ2v) is 5.61. The zero-order valence-corrected chi connectivity index (χ0v) is 13.8. The number of rotatable bonds is 6. The van der Waals surface area contributed by atoms with Crippen LogP contribution in [0, 0.1) is 9.81 Å². The Hall–Kier alpha value is -3.73. The van der Waals surface area contributed by atoms with Crippen molar-refractivity contribution in [2.45, 2.75) is 0 Å². The van der Waals surface area contributed by atoms with Crippen molar-refractivity contribution < 1.29 is 4.79 Å². The monoisotopic (exact) mass is 342 g/mol. The van der Waals surface area contributed by atoms with Crippen molar-refractivity contribution in [3.8, 4) is 0 Å². The fraction of sp³-hybridized carbons (Fsp3) is 0. The summed E-state index contributed by atoms with van der Waals surface area (Å²) in [5.74, 6) is -0.361. The first kappa shape index (κ1) is 17.1. The summed E-state index contributed by atoms with van der Waals surface area (Å²) < 4.78 is 0. The molecule has 0 spiro atoms. The quantitative estimate of drug-likeness (QED) is 0.421. The molecule has 0 aliphatic rings. The zero-order valence-electron chi connectivity index (χ0n) is 13.8. The van der Waals surface area contributed by atoms with Crippen LogP contribution in [0.25, 0.3) is 5.57 Å². The number of carbonyl (C=O) groups excluding carboxylic acids is 1. The molecule has 0 unspecified atom stereocenters. The summed E-state index contributed by atoms with van der Waals surface area (Å²) >= 11 is 0. The van der Waals surface area contributed by atoms with Crippen molar-refractivity contribution >= 4 is 22.7 Å². The molecule has 0 amide bonds. The van der Waals surface area contributed by atoms with Crippen molar-refractivity contribution in [1.29, 1.82) is 0 Å². The number of nitroso groups, excluding NO2 is 2. The first-order valence-corrected chi connectivity index (χ1v) is 7.85. The van der Waals surface area contributed by atoms with Gasteiger partial charge in [0.1, 0.15) is 11.4 Å². The Morgan fingerprint density at radius 2 is 1.19 bits per heavy atom. The second kappa shape index (κ2) is 7.44. The highest BCUT2D eigenvalue weighted by atomic mass is 16.3. The van der Waals surface area contributed by atoms with Crippen LogP contribution in [0.3, 0.4) is 0 Å². The molecular formula is C21H14N2O3. The molecule has 0 N–H and O–H groups in total.